The molecule has 5 heteroatoms. The van der Waals surface area contributed by atoms with Gasteiger partial charge in [0.25, 0.3) is 0 Å². The number of nitrogens with one attached hydrogen (secondary N) is 1. The van der Waals surface area contributed by atoms with E-state index in [1.165, 1.54) is 53.1 Å². The monoisotopic (exact) mass is 354 g/mol. The van der Waals surface area contributed by atoms with Gasteiger partial charge < -0.3 is 9.88 Å². The molecule has 1 N–H and O–H groups in total. The number of fused-ring (bicyclic) bond motifs is 1. The summed E-state index contributed by atoms with van der Waals surface area (Å²) in [6.07, 6.45) is 3.34. The van der Waals surface area contributed by atoms with Crippen molar-refractivity contribution in [2.45, 2.75) is 26.4 Å². The molecule has 2 aromatic heterocycles. The third kappa shape index (κ3) is 3.78. The molecule has 4 rings (SSSR count). The van der Waals surface area contributed by atoms with Crippen molar-refractivity contribution >= 4 is 22.2 Å². The first kappa shape index (κ1) is 16.8. The molecule has 1 saturated heterocycles. The fourth-order valence-corrected chi connectivity index (χ4v) is 4.81. The SMILES string of the molecule is Cc1ncsc1CN(C)C[C@H]1CCN(Cc2cccc3cc[nH]c23)C1. The molecule has 0 unspecified atom stereocenters. The van der Waals surface area contributed by atoms with E-state index in [-0.39, 0.29) is 0 Å². The number of rotatable bonds is 6. The van der Waals surface area contributed by atoms with Gasteiger partial charge in [0.15, 0.2) is 0 Å². The first-order valence-electron chi connectivity index (χ1n) is 9.04. The van der Waals surface area contributed by atoms with Crippen molar-refractivity contribution in [1.82, 2.24) is 19.8 Å². The molecule has 3 aromatic rings. The Hall–Kier alpha value is -1.69. The van der Waals surface area contributed by atoms with Gasteiger partial charge in [-0.15, -0.1) is 11.3 Å². The molecule has 1 aliphatic heterocycles. The van der Waals surface area contributed by atoms with Gasteiger partial charge in [-0.3, -0.25) is 4.90 Å². The lowest BCUT2D eigenvalue weighted by atomic mass is 10.1. The van der Waals surface area contributed by atoms with E-state index in [1.54, 1.807) is 11.3 Å². The molecule has 25 heavy (non-hydrogen) atoms. The second-order valence-corrected chi connectivity index (χ2v) is 8.25. The number of aromatic nitrogens is 2. The fourth-order valence-electron chi connectivity index (χ4n) is 3.96. The maximum absolute atomic E-state index is 4.36. The highest BCUT2D eigenvalue weighted by Gasteiger charge is 2.24. The molecule has 0 saturated carbocycles. The van der Waals surface area contributed by atoms with Crippen LogP contribution < -0.4 is 0 Å². The summed E-state index contributed by atoms with van der Waals surface area (Å²) in [6, 6.07) is 8.76. The van der Waals surface area contributed by atoms with Crippen LogP contribution in [0.5, 0.6) is 0 Å². The predicted molar refractivity (Wildman–Crippen MR) is 105 cm³/mol. The summed E-state index contributed by atoms with van der Waals surface area (Å²) in [7, 11) is 2.24. The van der Waals surface area contributed by atoms with Crippen LogP contribution in [0, 0.1) is 12.8 Å². The van der Waals surface area contributed by atoms with Gasteiger partial charge >= 0.3 is 0 Å². The molecular formula is C20H26N4S. The number of benzene rings is 1. The normalized spacial score (nSPS) is 18.6. The molecule has 1 aromatic carbocycles. The summed E-state index contributed by atoms with van der Waals surface area (Å²) in [4.78, 5) is 14.2. The number of aryl methyl sites for hydroxylation is 1. The summed E-state index contributed by atoms with van der Waals surface area (Å²) < 4.78 is 0. The molecular weight excluding hydrogens is 328 g/mol. The maximum atomic E-state index is 4.36. The number of para-hydroxylation sites is 1. The minimum absolute atomic E-state index is 0.765. The number of hydrogen-bond donors (Lipinski definition) is 1. The lowest BCUT2D eigenvalue weighted by molar-refractivity contribution is 0.256. The number of likely N-dealkylation sites (tertiary alicyclic amines) is 1. The Bertz CT molecular complexity index is 837. The molecule has 0 radical (unpaired) electrons. The van der Waals surface area contributed by atoms with E-state index < -0.39 is 0 Å². The Morgan fingerprint density at radius 3 is 3.12 bits per heavy atom. The van der Waals surface area contributed by atoms with Crippen LogP contribution in [0.2, 0.25) is 0 Å². The molecule has 0 spiro atoms. The van der Waals surface area contributed by atoms with E-state index in [9.17, 15) is 0 Å². The number of hydrogen-bond acceptors (Lipinski definition) is 4. The van der Waals surface area contributed by atoms with Crippen LogP contribution in [0.25, 0.3) is 10.9 Å². The minimum Gasteiger partial charge on any atom is -0.361 e. The van der Waals surface area contributed by atoms with Gasteiger partial charge in [0.2, 0.25) is 0 Å². The number of thiazole rings is 1. The topological polar surface area (TPSA) is 35.2 Å². The van der Waals surface area contributed by atoms with Crippen LogP contribution in [0.15, 0.2) is 36.0 Å². The third-order valence-corrected chi connectivity index (χ3v) is 6.19. The van der Waals surface area contributed by atoms with Crippen LogP contribution >= 0.6 is 11.3 Å². The Morgan fingerprint density at radius 1 is 1.36 bits per heavy atom. The molecule has 4 nitrogen and oxygen atoms in total. The van der Waals surface area contributed by atoms with Crippen molar-refractivity contribution in [2.24, 2.45) is 5.92 Å². The average Bonchev–Trinajstić information content (AvgIpc) is 3.31. The number of H-pyrrole nitrogens is 1. The lowest BCUT2D eigenvalue weighted by Gasteiger charge is -2.21. The average molecular weight is 355 g/mol. The van der Waals surface area contributed by atoms with Crippen molar-refractivity contribution in [3.8, 4) is 0 Å². The van der Waals surface area contributed by atoms with Gasteiger partial charge in [0.05, 0.1) is 11.2 Å². The fraction of sp³-hybridized carbons (Fsp3) is 0.450. The Kier molecular flexibility index (Phi) is 4.88. The highest BCUT2D eigenvalue weighted by atomic mass is 32.1. The van der Waals surface area contributed by atoms with Crippen LogP contribution in [-0.4, -0.2) is 46.4 Å². The second-order valence-electron chi connectivity index (χ2n) is 7.31. The molecule has 132 valence electrons. The largest absolute Gasteiger partial charge is 0.361 e. The molecule has 1 atom stereocenters. The Balaban J connectivity index is 1.32. The quantitative estimate of drug-likeness (QED) is 0.729. The highest BCUT2D eigenvalue weighted by molar-refractivity contribution is 7.09. The van der Waals surface area contributed by atoms with Crippen molar-refractivity contribution < 1.29 is 0 Å². The van der Waals surface area contributed by atoms with Gasteiger partial charge in [-0.25, -0.2) is 4.98 Å². The van der Waals surface area contributed by atoms with E-state index in [4.69, 9.17) is 0 Å². The van der Waals surface area contributed by atoms with E-state index >= 15 is 0 Å². The van der Waals surface area contributed by atoms with Crippen molar-refractivity contribution in [3.63, 3.8) is 0 Å². The van der Waals surface area contributed by atoms with Crippen LogP contribution in [0.3, 0.4) is 0 Å². The highest BCUT2D eigenvalue weighted by Crippen LogP contribution is 2.24. The predicted octanol–water partition coefficient (Wildman–Crippen LogP) is 3.89. The number of nitrogens with zero attached hydrogens (tertiary/aromatic N) is 3. The van der Waals surface area contributed by atoms with Crippen LogP contribution in [0.4, 0.5) is 0 Å². The van der Waals surface area contributed by atoms with Crippen molar-refractivity contribution in [3.05, 3.63) is 52.1 Å². The zero-order valence-corrected chi connectivity index (χ0v) is 15.9. The zero-order chi connectivity index (χ0) is 17.2. The van der Waals surface area contributed by atoms with E-state index in [2.05, 4.69) is 58.0 Å². The van der Waals surface area contributed by atoms with Gasteiger partial charge in [0.1, 0.15) is 0 Å². The number of aromatic amines is 1. The smallest absolute Gasteiger partial charge is 0.0798 e. The van der Waals surface area contributed by atoms with E-state index in [0.717, 1.165) is 19.0 Å². The van der Waals surface area contributed by atoms with E-state index in [1.807, 2.05) is 11.7 Å². The summed E-state index contributed by atoms with van der Waals surface area (Å²) in [6.45, 7) is 7.75. The standard InChI is InChI=1S/C20H26N4S/c1-15-19(25-14-22-15)13-23(2)10-16-7-9-24(11-16)12-18-5-3-4-17-6-8-21-20(17)18/h3-6,8,14,16,21H,7,9-13H2,1-2H3/t16-/m1/s1. The summed E-state index contributed by atoms with van der Waals surface area (Å²) >= 11 is 1.77. The van der Waals surface area contributed by atoms with E-state index in [0.29, 0.717) is 0 Å². The van der Waals surface area contributed by atoms with Gasteiger partial charge in [-0.1, -0.05) is 18.2 Å². The molecule has 1 aliphatic rings. The molecule has 0 aliphatic carbocycles. The first-order valence-corrected chi connectivity index (χ1v) is 9.92. The molecule has 0 bridgehead atoms. The third-order valence-electron chi connectivity index (χ3n) is 5.27. The second kappa shape index (κ2) is 7.28. The minimum atomic E-state index is 0.765. The van der Waals surface area contributed by atoms with Crippen LogP contribution in [-0.2, 0) is 13.1 Å². The van der Waals surface area contributed by atoms with Crippen LogP contribution in [0.1, 0.15) is 22.6 Å². The molecule has 3 heterocycles. The van der Waals surface area contributed by atoms with Crippen molar-refractivity contribution in [1.29, 1.82) is 0 Å². The molecule has 0 amide bonds. The zero-order valence-electron chi connectivity index (χ0n) is 15.0. The Labute approximate surface area is 153 Å². The summed E-state index contributed by atoms with van der Waals surface area (Å²) in [5.41, 5.74) is 5.85. The lowest BCUT2D eigenvalue weighted by Crippen LogP contribution is -2.28. The summed E-state index contributed by atoms with van der Waals surface area (Å²) in [5, 5.41) is 1.31. The van der Waals surface area contributed by atoms with Gasteiger partial charge in [-0.05, 0) is 49.9 Å². The summed E-state index contributed by atoms with van der Waals surface area (Å²) in [5.74, 6) is 0.765. The maximum Gasteiger partial charge on any atom is 0.0798 e. The first-order chi connectivity index (χ1) is 12.2. The van der Waals surface area contributed by atoms with Gasteiger partial charge in [-0.2, -0.15) is 0 Å². The van der Waals surface area contributed by atoms with Crippen molar-refractivity contribution in [2.75, 3.05) is 26.7 Å². The Morgan fingerprint density at radius 2 is 2.28 bits per heavy atom. The molecule has 1 fully saturated rings. The van der Waals surface area contributed by atoms with Gasteiger partial charge in [0, 0.05) is 42.8 Å².